The quantitative estimate of drug-likeness (QED) is 0.751. The van der Waals surface area contributed by atoms with Gasteiger partial charge in [0, 0.05) is 12.7 Å². The van der Waals surface area contributed by atoms with Gasteiger partial charge in [-0.15, -0.1) is 0 Å². The third-order valence-electron chi connectivity index (χ3n) is 4.15. The fraction of sp³-hybridized carbons (Fsp3) is 0.158. The van der Waals surface area contributed by atoms with Crippen molar-refractivity contribution in [1.29, 1.82) is 0 Å². The Bertz CT molecular complexity index is 1040. The van der Waals surface area contributed by atoms with Gasteiger partial charge in [-0.3, -0.25) is 9.59 Å². The number of ether oxygens (including phenoxy) is 2. The van der Waals surface area contributed by atoms with Crippen molar-refractivity contribution in [3.8, 4) is 17.2 Å². The van der Waals surface area contributed by atoms with Crippen LogP contribution < -0.4 is 20.3 Å². The molecule has 0 unspecified atom stereocenters. The minimum atomic E-state index is -0.707. The summed E-state index contributed by atoms with van der Waals surface area (Å²) in [5, 5.41) is 13.5. The number of amides is 1. The molecule has 3 aromatic rings. The molecular formula is C19H18N2O5. The Hall–Kier alpha value is -3.48. The van der Waals surface area contributed by atoms with Gasteiger partial charge in [0.05, 0.1) is 25.1 Å². The van der Waals surface area contributed by atoms with Crippen LogP contribution >= 0.6 is 0 Å². The van der Waals surface area contributed by atoms with E-state index in [-0.39, 0.29) is 5.56 Å². The second-order valence-electron chi connectivity index (χ2n) is 5.62. The Labute approximate surface area is 149 Å². The summed E-state index contributed by atoms with van der Waals surface area (Å²) in [4.78, 5) is 25.3. The van der Waals surface area contributed by atoms with Crippen LogP contribution in [0.15, 0.2) is 47.3 Å². The molecule has 0 radical (unpaired) electrons. The number of anilines is 1. The predicted octanol–water partition coefficient (Wildman–Crippen LogP) is 2.51. The van der Waals surface area contributed by atoms with Crippen LogP contribution in [0.1, 0.15) is 10.4 Å². The van der Waals surface area contributed by atoms with E-state index >= 15 is 0 Å². The second-order valence-corrected chi connectivity index (χ2v) is 5.62. The van der Waals surface area contributed by atoms with Crippen LogP contribution in [0.5, 0.6) is 17.2 Å². The van der Waals surface area contributed by atoms with E-state index in [9.17, 15) is 14.7 Å². The number of carbonyl (C=O) groups excluding carboxylic acids is 1. The summed E-state index contributed by atoms with van der Waals surface area (Å²) in [6.45, 7) is 0. The molecule has 2 aromatic carbocycles. The number of nitrogens with one attached hydrogen (secondary N) is 1. The summed E-state index contributed by atoms with van der Waals surface area (Å²) in [7, 11) is 4.53. The lowest BCUT2D eigenvalue weighted by atomic mass is 10.1. The van der Waals surface area contributed by atoms with Crippen LogP contribution in [0, 0.1) is 0 Å². The Morgan fingerprint density at radius 2 is 1.77 bits per heavy atom. The number of aryl methyl sites for hydroxylation is 1. The number of nitrogens with zero attached hydrogens (tertiary/aromatic N) is 1. The van der Waals surface area contributed by atoms with Crippen LogP contribution in [0.4, 0.5) is 5.69 Å². The number of hydrogen-bond acceptors (Lipinski definition) is 5. The molecule has 3 rings (SSSR count). The zero-order valence-electron chi connectivity index (χ0n) is 14.6. The molecule has 2 N–H and O–H groups in total. The van der Waals surface area contributed by atoms with Crippen LogP contribution in [0.25, 0.3) is 10.9 Å². The number of hydrogen-bond donors (Lipinski definition) is 2. The maximum atomic E-state index is 12.6. The van der Waals surface area contributed by atoms with Gasteiger partial charge in [0.25, 0.3) is 11.5 Å². The molecule has 134 valence electrons. The zero-order valence-corrected chi connectivity index (χ0v) is 14.6. The van der Waals surface area contributed by atoms with Gasteiger partial charge in [0.1, 0.15) is 22.8 Å². The molecule has 1 amide bonds. The molecule has 1 aromatic heterocycles. The first kappa shape index (κ1) is 17.3. The maximum absolute atomic E-state index is 12.6. The Kier molecular flexibility index (Phi) is 4.53. The van der Waals surface area contributed by atoms with Gasteiger partial charge in [0.15, 0.2) is 0 Å². The van der Waals surface area contributed by atoms with E-state index in [2.05, 4.69) is 5.32 Å². The minimum absolute atomic E-state index is 0.303. The van der Waals surface area contributed by atoms with Crippen molar-refractivity contribution in [2.45, 2.75) is 0 Å². The fourth-order valence-electron chi connectivity index (χ4n) is 2.78. The predicted molar refractivity (Wildman–Crippen MR) is 98.4 cm³/mol. The molecule has 26 heavy (non-hydrogen) atoms. The normalized spacial score (nSPS) is 10.6. The summed E-state index contributed by atoms with van der Waals surface area (Å²) in [5.41, 5.74) is -0.0141. The molecular weight excluding hydrogens is 336 g/mol. The highest BCUT2D eigenvalue weighted by Gasteiger charge is 2.23. The molecule has 0 bridgehead atoms. The van der Waals surface area contributed by atoms with Gasteiger partial charge in [0.2, 0.25) is 0 Å². The van der Waals surface area contributed by atoms with Crippen molar-refractivity contribution < 1.29 is 19.4 Å². The highest BCUT2D eigenvalue weighted by atomic mass is 16.5. The summed E-state index contributed by atoms with van der Waals surface area (Å²) < 4.78 is 11.6. The Morgan fingerprint density at radius 3 is 2.38 bits per heavy atom. The van der Waals surface area contributed by atoms with Gasteiger partial charge >= 0.3 is 0 Å². The number of fused-ring (bicyclic) bond motifs is 1. The van der Waals surface area contributed by atoms with Gasteiger partial charge in [-0.05, 0) is 36.4 Å². The van der Waals surface area contributed by atoms with Crippen LogP contribution in [-0.4, -0.2) is 29.8 Å². The number of pyridine rings is 1. The smallest absolute Gasteiger partial charge is 0.267 e. The van der Waals surface area contributed by atoms with E-state index in [0.717, 1.165) is 0 Å². The van der Waals surface area contributed by atoms with E-state index in [1.54, 1.807) is 42.5 Å². The lowest BCUT2D eigenvalue weighted by Gasteiger charge is -2.14. The summed E-state index contributed by atoms with van der Waals surface area (Å²) in [5.74, 6) is -0.112. The maximum Gasteiger partial charge on any atom is 0.267 e. The molecule has 0 saturated heterocycles. The molecule has 0 saturated carbocycles. The number of rotatable bonds is 4. The third-order valence-corrected chi connectivity index (χ3v) is 4.15. The molecule has 1 heterocycles. The highest BCUT2D eigenvalue weighted by Crippen LogP contribution is 2.34. The number of methoxy groups -OCH3 is 2. The first-order valence-corrected chi connectivity index (χ1v) is 7.82. The van der Waals surface area contributed by atoms with Gasteiger partial charge in [-0.1, -0.05) is 6.07 Å². The van der Waals surface area contributed by atoms with Crippen molar-refractivity contribution in [3.63, 3.8) is 0 Å². The number of carbonyl (C=O) groups is 1. The van der Waals surface area contributed by atoms with E-state index in [0.29, 0.717) is 28.1 Å². The molecule has 0 spiro atoms. The zero-order chi connectivity index (χ0) is 18.8. The van der Waals surface area contributed by atoms with E-state index in [1.165, 1.54) is 25.8 Å². The molecule has 0 aliphatic rings. The van der Waals surface area contributed by atoms with E-state index in [1.807, 2.05) is 0 Å². The van der Waals surface area contributed by atoms with Crippen molar-refractivity contribution in [2.75, 3.05) is 19.5 Å². The number of aromatic nitrogens is 1. The fourth-order valence-corrected chi connectivity index (χ4v) is 2.78. The monoisotopic (exact) mass is 354 g/mol. The average molecular weight is 354 g/mol. The second kappa shape index (κ2) is 6.79. The molecule has 0 fully saturated rings. The first-order chi connectivity index (χ1) is 12.5. The Balaban J connectivity index is 2.11. The minimum Gasteiger partial charge on any atom is -0.506 e. The summed E-state index contributed by atoms with van der Waals surface area (Å²) in [6, 6.07) is 11.7. The van der Waals surface area contributed by atoms with Crippen LogP contribution in [-0.2, 0) is 7.05 Å². The largest absolute Gasteiger partial charge is 0.506 e. The molecule has 0 aliphatic carbocycles. The highest BCUT2D eigenvalue weighted by molar-refractivity contribution is 6.10. The molecule has 0 atom stereocenters. The molecule has 7 nitrogen and oxygen atoms in total. The van der Waals surface area contributed by atoms with Crippen LogP contribution in [0.2, 0.25) is 0 Å². The molecule has 7 heteroatoms. The van der Waals surface area contributed by atoms with Crippen molar-refractivity contribution >= 4 is 22.5 Å². The third kappa shape index (κ3) is 2.83. The van der Waals surface area contributed by atoms with E-state index < -0.39 is 17.2 Å². The standard InChI is InChI=1S/C19H18N2O5/c1-21-13-5-4-6-14(26-3)15(13)17(22)16(19(21)24)18(23)20-11-7-9-12(25-2)10-8-11/h4-10,22H,1-3H3,(H,20,23). The van der Waals surface area contributed by atoms with Crippen molar-refractivity contribution in [3.05, 3.63) is 58.4 Å². The van der Waals surface area contributed by atoms with Crippen LogP contribution in [0.3, 0.4) is 0 Å². The lowest BCUT2D eigenvalue weighted by Crippen LogP contribution is -2.28. The number of benzene rings is 2. The first-order valence-electron chi connectivity index (χ1n) is 7.82. The number of aromatic hydroxyl groups is 1. The lowest BCUT2D eigenvalue weighted by molar-refractivity contribution is 0.102. The van der Waals surface area contributed by atoms with Crippen molar-refractivity contribution in [2.24, 2.45) is 7.05 Å². The Morgan fingerprint density at radius 1 is 1.08 bits per heavy atom. The van der Waals surface area contributed by atoms with Gasteiger partial charge in [-0.25, -0.2) is 0 Å². The molecule has 0 aliphatic heterocycles. The van der Waals surface area contributed by atoms with Gasteiger partial charge in [-0.2, -0.15) is 0 Å². The topological polar surface area (TPSA) is 89.8 Å². The SMILES string of the molecule is COc1ccc(NC(=O)c2c(O)c3c(OC)cccc3n(C)c2=O)cc1. The summed E-state index contributed by atoms with van der Waals surface area (Å²) in [6.07, 6.45) is 0. The average Bonchev–Trinajstić information content (AvgIpc) is 2.66. The van der Waals surface area contributed by atoms with Crippen molar-refractivity contribution in [1.82, 2.24) is 4.57 Å². The summed E-state index contributed by atoms with van der Waals surface area (Å²) >= 11 is 0. The van der Waals surface area contributed by atoms with E-state index in [4.69, 9.17) is 9.47 Å². The van der Waals surface area contributed by atoms with Gasteiger partial charge < -0.3 is 24.5 Å².